The zero-order valence-electron chi connectivity index (χ0n) is 14.6. The maximum atomic E-state index is 10.7. The lowest BCUT2D eigenvalue weighted by atomic mass is 10.1. The molecule has 0 saturated carbocycles. The molecule has 0 fully saturated rings. The molecule has 0 heterocycles. The molecule has 2 N–H and O–H groups in total. The Morgan fingerprint density at radius 3 is 1.62 bits per heavy atom. The van der Waals surface area contributed by atoms with Gasteiger partial charge in [0.05, 0.1) is 6.42 Å². The van der Waals surface area contributed by atoms with Crippen LogP contribution in [-0.4, -0.2) is 17.0 Å². The summed E-state index contributed by atoms with van der Waals surface area (Å²) >= 11 is 0. The minimum absolute atomic E-state index is 0.000349. The van der Waals surface area contributed by atoms with Gasteiger partial charge in [-0.25, -0.2) is 0 Å². The van der Waals surface area contributed by atoms with Crippen molar-refractivity contribution >= 4 is 17.6 Å². The minimum Gasteiger partial charge on any atom is -0.481 e. The van der Waals surface area contributed by atoms with Gasteiger partial charge in [-0.3, -0.25) is 9.59 Å². The van der Waals surface area contributed by atoms with Crippen LogP contribution in [0.4, 0.5) is 5.69 Å². The predicted molar refractivity (Wildman–Crippen MR) is 104 cm³/mol. The van der Waals surface area contributed by atoms with E-state index in [0.717, 1.165) is 0 Å². The van der Waals surface area contributed by atoms with Crippen LogP contribution in [-0.2, 0) is 16.0 Å². The zero-order chi connectivity index (χ0) is 18.8. The average molecular weight is 347 g/mol. The Kier molecular flexibility index (Phi) is 7.13. The van der Waals surface area contributed by atoms with Gasteiger partial charge in [0.1, 0.15) is 0 Å². The molecule has 0 aliphatic heterocycles. The number of carboxylic acids is 1. The second kappa shape index (κ2) is 9.79. The Morgan fingerprint density at radius 1 is 0.769 bits per heavy atom. The lowest BCUT2D eigenvalue weighted by molar-refractivity contribution is -0.136. The maximum absolute atomic E-state index is 10.7. The van der Waals surface area contributed by atoms with Crippen molar-refractivity contribution in [3.8, 4) is 11.1 Å². The number of hydrogen-bond donors (Lipinski definition) is 2. The first-order valence-electron chi connectivity index (χ1n) is 8.23. The number of rotatable bonds is 4. The zero-order valence-corrected chi connectivity index (χ0v) is 14.6. The van der Waals surface area contributed by atoms with Crippen LogP contribution in [0, 0.1) is 0 Å². The maximum Gasteiger partial charge on any atom is 0.307 e. The summed E-state index contributed by atoms with van der Waals surface area (Å²) in [6, 6.07) is 27.5. The van der Waals surface area contributed by atoms with E-state index < -0.39 is 5.97 Å². The van der Waals surface area contributed by atoms with E-state index in [-0.39, 0.29) is 12.3 Å². The molecule has 26 heavy (non-hydrogen) atoms. The van der Waals surface area contributed by atoms with E-state index in [1.54, 1.807) is 24.3 Å². The Hall–Kier alpha value is -3.40. The van der Waals surface area contributed by atoms with Crippen molar-refractivity contribution < 1.29 is 14.7 Å². The van der Waals surface area contributed by atoms with Crippen molar-refractivity contribution in [2.75, 3.05) is 5.32 Å². The summed E-state index contributed by atoms with van der Waals surface area (Å²) in [5.41, 5.74) is 3.94. The number of carboxylic acid groups (broad SMARTS) is 1. The fourth-order valence-corrected chi connectivity index (χ4v) is 2.35. The van der Waals surface area contributed by atoms with Crippen molar-refractivity contribution in [1.29, 1.82) is 0 Å². The summed E-state index contributed by atoms with van der Waals surface area (Å²) in [6.07, 6.45) is 0.000349. The van der Waals surface area contributed by atoms with Gasteiger partial charge in [0.25, 0.3) is 0 Å². The number of aliphatic carboxylic acids is 1. The first kappa shape index (κ1) is 18.9. The molecule has 0 saturated heterocycles. The van der Waals surface area contributed by atoms with Crippen LogP contribution in [0.2, 0.25) is 0 Å². The second-order valence-corrected chi connectivity index (χ2v) is 5.68. The third-order valence-electron chi connectivity index (χ3n) is 3.51. The molecule has 3 rings (SSSR count). The number of hydrogen-bond acceptors (Lipinski definition) is 2. The summed E-state index contributed by atoms with van der Waals surface area (Å²) in [6.45, 7) is 1.42. The largest absolute Gasteiger partial charge is 0.481 e. The molecule has 3 aromatic carbocycles. The Balaban J connectivity index is 0.000000189. The molecule has 3 aromatic rings. The highest BCUT2D eigenvalue weighted by Gasteiger charge is 2.00. The Morgan fingerprint density at radius 2 is 1.23 bits per heavy atom. The van der Waals surface area contributed by atoms with E-state index in [1.165, 1.54) is 18.1 Å². The standard InChI is InChI=1S/C12H10.C10H11NO3/c1-3-7-11(8-4-1)12-9-5-2-6-10-12;1-7(12)11-9-4-2-8(3-5-9)6-10(13)14/h1-10H;2-5H,6H2,1H3,(H,11,12)(H,13,14). The normalized spacial score (nSPS) is 9.58. The second-order valence-electron chi connectivity index (χ2n) is 5.68. The van der Waals surface area contributed by atoms with Crippen LogP contribution in [0.5, 0.6) is 0 Å². The van der Waals surface area contributed by atoms with Crippen LogP contribution in [0.1, 0.15) is 12.5 Å². The molecular formula is C22H21NO3. The van der Waals surface area contributed by atoms with Crippen LogP contribution in [0.3, 0.4) is 0 Å². The number of nitrogens with one attached hydrogen (secondary N) is 1. The highest BCUT2D eigenvalue weighted by molar-refractivity contribution is 5.88. The van der Waals surface area contributed by atoms with Gasteiger partial charge in [-0.2, -0.15) is 0 Å². The molecule has 0 atom stereocenters. The molecule has 4 heteroatoms. The van der Waals surface area contributed by atoms with Gasteiger partial charge >= 0.3 is 5.97 Å². The predicted octanol–water partition coefficient (Wildman–Crippen LogP) is 4.63. The molecule has 0 spiro atoms. The fraction of sp³-hybridized carbons (Fsp3) is 0.0909. The fourth-order valence-electron chi connectivity index (χ4n) is 2.35. The van der Waals surface area contributed by atoms with Gasteiger partial charge in [0.2, 0.25) is 5.91 Å². The van der Waals surface area contributed by atoms with Crippen molar-refractivity contribution in [3.05, 3.63) is 90.5 Å². The number of amides is 1. The van der Waals surface area contributed by atoms with Gasteiger partial charge < -0.3 is 10.4 Å². The molecule has 0 aliphatic carbocycles. The third kappa shape index (κ3) is 6.61. The van der Waals surface area contributed by atoms with Crippen LogP contribution < -0.4 is 5.32 Å². The summed E-state index contributed by atoms with van der Waals surface area (Å²) < 4.78 is 0. The summed E-state index contributed by atoms with van der Waals surface area (Å²) in [4.78, 5) is 21.0. The number of benzene rings is 3. The number of anilines is 1. The van der Waals surface area contributed by atoms with Gasteiger partial charge in [-0.15, -0.1) is 0 Å². The summed E-state index contributed by atoms with van der Waals surface area (Å²) in [7, 11) is 0. The quantitative estimate of drug-likeness (QED) is 0.723. The molecular weight excluding hydrogens is 326 g/mol. The van der Waals surface area contributed by atoms with Gasteiger partial charge in [-0.1, -0.05) is 72.8 Å². The Bertz CT molecular complexity index is 756. The van der Waals surface area contributed by atoms with Crippen LogP contribution in [0.25, 0.3) is 11.1 Å². The third-order valence-corrected chi connectivity index (χ3v) is 3.51. The van der Waals surface area contributed by atoms with E-state index in [1.807, 2.05) is 12.1 Å². The van der Waals surface area contributed by atoms with E-state index in [9.17, 15) is 9.59 Å². The lowest BCUT2D eigenvalue weighted by Gasteiger charge is -2.02. The summed E-state index contributed by atoms with van der Waals surface area (Å²) in [5, 5.41) is 11.1. The van der Waals surface area contributed by atoms with E-state index >= 15 is 0 Å². The van der Waals surface area contributed by atoms with E-state index in [2.05, 4.69) is 53.8 Å². The van der Waals surface area contributed by atoms with Crippen LogP contribution >= 0.6 is 0 Å². The molecule has 0 aromatic heterocycles. The first-order chi connectivity index (χ1) is 12.5. The number of carbonyl (C=O) groups excluding carboxylic acids is 1. The van der Waals surface area contributed by atoms with Crippen LogP contribution in [0.15, 0.2) is 84.9 Å². The van der Waals surface area contributed by atoms with Crippen molar-refractivity contribution in [2.24, 2.45) is 0 Å². The minimum atomic E-state index is -0.864. The molecule has 0 bridgehead atoms. The van der Waals surface area contributed by atoms with E-state index in [4.69, 9.17) is 5.11 Å². The first-order valence-corrected chi connectivity index (χ1v) is 8.23. The highest BCUT2D eigenvalue weighted by Crippen LogP contribution is 2.17. The van der Waals surface area contributed by atoms with Gasteiger partial charge in [0.15, 0.2) is 0 Å². The molecule has 0 aliphatic rings. The van der Waals surface area contributed by atoms with Gasteiger partial charge in [0, 0.05) is 12.6 Å². The van der Waals surface area contributed by atoms with Crippen molar-refractivity contribution in [2.45, 2.75) is 13.3 Å². The molecule has 0 radical (unpaired) electrons. The average Bonchev–Trinajstić information content (AvgIpc) is 2.65. The molecule has 1 amide bonds. The Labute approximate surface area is 153 Å². The topological polar surface area (TPSA) is 66.4 Å². The summed E-state index contributed by atoms with van der Waals surface area (Å²) in [5.74, 6) is -1.01. The van der Waals surface area contributed by atoms with Crippen molar-refractivity contribution in [1.82, 2.24) is 0 Å². The molecule has 132 valence electrons. The molecule has 4 nitrogen and oxygen atoms in total. The molecule has 0 unspecified atom stereocenters. The van der Waals surface area contributed by atoms with Gasteiger partial charge in [-0.05, 0) is 28.8 Å². The smallest absolute Gasteiger partial charge is 0.307 e. The van der Waals surface area contributed by atoms with Crippen molar-refractivity contribution in [3.63, 3.8) is 0 Å². The monoisotopic (exact) mass is 347 g/mol. The lowest BCUT2D eigenvalue weighted by Crippen LogP contribution is -2.06. The SMILES string of the molecule is CC(=O)Nc1ccc(CC(=O)O)cc1.c1ccc(-c2ccccc2)cc1. The number of carbonyl (C=O) groups is 2. The van der Waals surface area contributed by atoms with E-state index in [0.29, 0.717) is 11.3 Å². The highest BCUT2D eigenvalue weighted by atomic mass is 16.4.